The van der Waals surface area contributed by atoms with Crippen LogP contribution < -0.4 is 4.74 Å². The summed E-state index contributed by atoms with van der Waals surface area (Å²) in [6.07, 6.45) is 3.20. The molecule has 0 atom stereocenters. The number of hydrogen-bond acceptors (Lipinski definition) is 6. The van der Waals surface area contributed by atoms with Crippen molar-refractivity contribution in [3.63, 3.8) is 0 Å². The zero-order valence-corrected chi connectivity index (χ0v) is 12.7. The number of aromatic amines is 1. The summed E-state index contributed by atoms with van der Waals surface area (Å²) in [5.41, 5.74) is 0.850. The molecule has 1 N–H and O–H groups in total. The first-order chi connectivity index (χ1) is 11.3. The third-order valence-corrected chi connectivity index (χ3v) is 3.16. The Hall–Kier alpha value is -3.18. The standard InChI is InChI=1S/C15H11N5O2S/c16-7-9-21-12-5-3-11(4-6-12)10-17-20-14(18-19-15(20)23)13-2-1-8-22-13/h1-6,8,10H,9H2,(H,19,23)/b17-10-. The number of benzene rings is 1. The van der Waals surface area contributed by atoms with Gasteiger partial charge in [0, 0.05) is 0 Å². The average Bonchev–Trinajstić information content (AvgIpc) is 3.21. The minimum absolute atomic E-state index is 0.0180. The number of nitriles is 1. The summed E-state index contributed by atoms with van der Waals surface area (Å²) in [5, 5.41) is 19.6. The van der Waals surface area contributed by atoms with Crippen molar-refractivity contribution in [1.29, 1.82) is 5.26 Å². The number of hydrogen-bond donors (Lipinski definition) is 1. The number of H-pyrrole nitrogens is 1. The van der Waals surface area contributed by atoms with Crippen molar-refractivity contribution in [3.8, 4) is 23.4 Å². The van der Waals surface area contributed by atoms with Gasteiger partial charge in [-0.15, -0.1) is 5.10 Å². The highest BCUT2D eigenvalue weighted by molar-refractivity contribution is 7.71. The summed E-state index contributed by atoms with van der Waals surface area (Å²) < 4.78 is 12.3. The third kappa shape index (κ3) is 3.36. The zero-order valence-electron chi connectivity index (χ0n) is 11.8. The van der Waals surface area contributed by atoms with Crippen LogP contribution in [0.1, 0.15) is 5.56 Å². The van der Waals surface area contributed by atoms with Crippen LogP contribution in [-0.2, 0) is 0 Å². The monoisotopic (exact) mass is 325 g/mol. The van der Waals surface area contributed by atoms with E-state index in [9.17, 15) is 0 Å². The van der Waals surface area contributed by atoms with Gasteiger partial charge in [0.15, 0.2) is 12.4 Å². The Bertz CT molecular complexity index is 901. The van der Waals surface area contributed by atoms with E-state index in [4.69, 9.17) is 26.6 Å². The maximum Gasteiger partial charge on any atom is 0.219 e. The van der Waals surface area contributed by atoms with Crippen LogP contribution in [0.2, 0.25) is 0 Å². The molecule has 0 aliphatic rings. The number of rotatable bonds is 5. The van der Waals surface area contributed by atoms with Crippen molar-refractivity contribution in [2.24, 2.45) is 5.10 Å². The Morgan fingerprint density at radius 2 is 2.22 bits per heavy atom. The van der Waals surface area contributed by atoms with Crippen LogP contribution in [0.3, 0.4) is 0 Å². The van der Waals surface area contributed by atoms with Gasteiger partial charge in [-0.1, -0.05) is 0 Å². The van der Waals surface area contributed by atoms with Crippen molar-refractivity contribution in [1.82, 2.24) is 14.9 Å². The van der Waals surface area contributed by atoms with Crippen LogP contribution in [0.15, 0.2) is 52.2 Å². The van der Waals surface area contributed by atoms with E-state index in [1.165, 1.54) is 4.68 Å². The lowest BCUT2D eigenvalue weighted by Crippen LogP contribution is -1.95. The summed E-state index contributed by atoms with van der Waals surface area (Å²) in [5.74, 6) is 1.68. The van der Waals surface area contributed by atoms with Gasteiger partial charge in [-0.2, -0.15) is 15.0 Å². The zero-order chi connectivity index (χ0) is 16.1. The molecule has 0 aliphatic carbocycles. The molecule has 0 aliphatic heterocycles. The Balaban J connectivity index is 1.82. The molecule has 114 valence electrons. The van der Waals surface area contributed by atoms with Crippen LogP contribution in [-0.4, -0.2) is 27.7 Å². The molecular weight excluding hydrogens is 314 g/mol. The number of aromatic nitrogens is 3. The highest BCUT2D eigenvalue weighted by atomic mass is 32.1. The second kappa shape index (κ2) is 6.72. The molecule has 0 bridgehead atoms. The molecule has 0 amide bonds. The molecule has 7 nitrogen and oxygen atoms in total. The quantitative estimate of drug-likeness (QED) is 0.575. The molecule has 0 saturated carbocycles. The molecule has 0 fully saturated rings. The molecule has 2 heterocycles. The summed E-state index contributed by atoms with van der Waals surface area (Å²) >= 11 is 5.17. The topological polar surface area (TPSA) is 92.1 Å². The number of furan rings is 1. The minimum atomic E-state index is 0.0180. The van der Waals surface area contributed by atoms with Crippen molar-refractivity contribution < 1.29 is 9.15 Å². The van der Waals surface area contributed by atoms with Gasteiger partial charge in [-0.05, 0) is 54.2 Å². The normalized spacial score (nSPS) is 10.7. The number of ether oxygens (including phenoxy) is 1. The van der Waals surface area contributed by atoms with Gasteiger partial charge in [0.2, 0.25) is 10.6 Å². The molecule has 8 heteroatoms. The van der Waals surface area contributed by atoms with E-state index >= 15 is 0 Å². The number of nitrogens with zero attached hydrogens (tertiary/aromatic N) is 4. The van der Waals surface area contributed by atoms with Gasteiger partial charge in [0.25, 0.3) is 0 Å². The molecule has 0 unspecified atom stereocenters. The molecule has 23 heavy (non-hydrogen) atoms. The maximum absolute atomic E-state index is 8.48. The summed E-state index contributed by atoms with van der Waals surface area (Å²) in [4.78, 5) is 0. The molecule has 3 rings (SSSR count). The lowest BCUT2D eigenvalue weighted by Gasteiger charge is -2.01. The molecule has 0 spiro atoms. The van der Waals surface area contributed by atoms with Crippen molar-refractivity contribution >= 4 is 18.4 Å². The van der Waals surface area contributed by atoms with Gasteiger partial charge in [0.05, 0.1) is 12.5 Å². The van der Waals surface area contributed by atoms with Crippen LogP contribution >= 0.6 is 12.2 Å². The SMILES string of the molecule is N#CCOc1ccc(/C=N\n2c(-c3ccco3)n[nH]c2=S)cc1. The van der Waals surface area contributed by atoms with E-state index in [-0.39, 0.29) is 6.61 Å². The minimum Gasteiger partial charge on any atom is -0.479 e. The average molecular weight is 325 g/mol. The van der Waals surface area contributed by atoms with E-state index in [0.29, 0.717) is 22.1 Å². The van der Waals surface area contributed by atoms with Gasteiger partial charge >= 0.3 is 0 Å². The molecule has 0 saturated heterocycles. The molecule has 3 aromatic rings. The fraction of sp³-hybridized carbons (Fsp3) is 0.0667. The molecular formula is C15H11N5O2S. The first kappa shape index (κ1) is 14.7. The van der Waals surface area contributed by atoms with Crippen molar-refractivity contribution in [2.75, 3.05) is 6.61 Å². The van der Waals surface area contributed by atoms with Gasteiger partial charge < -0.3 is 9.15 Å². The predicted octanol–water partition coefficient (Wildman–Crippen LogP) is 2.99. The van der Waals surface area contributed by atoms with E-state index in [1.807, 2.05) is 18.2 Å². The predicted molar refractivity (Wildman–Crippen MR) is 85.7 cm³/mol. The Morgan fingerprint density at radius 3 is 2.91 bits per heavy atom. The fourth-order valence-corrected chi connectivity index (χ4v) is 2.03. The highest BCUT2D eigenvalue weighted by Crippen LogP contribution is 2.17. The van der Waals surface area contributed by atoms with E-state index in [1.54, 1.807) is 36.7 Å². The largest absolute Gasteiger partial charge is 0.479 e. The Labute approximate surface area is 136 Å². The smallest absolute Gasteiger partial charge is 0.219 e. The second-order valence-corrected chi connectivity index (χ2v) is 4.79. The molecule has 0 radical (unpaired) electrons. The van der Waals surface area contributed by atoms with Crippen LogP contribution in [0, 0.1) is 16.1 Å². The van der Waals surface area contributed by atoms with Crippen LogP contribution in [0.4, 0.5) is 0 Å². The first-order valence-corrected chi connectivity index (χ1v) is 7.04. The summed E-state index contributed by atoms with van der Waals surface area (Å²) in [6.45, 7) is 0.0180. The maximum atomic E-state index is 8.48. The van der Waals surface area contributed by atoms with E-state index in [0.717, 1.165) is 5.56 Å². The van der Waals surface area contributed by atoms with E-state index in [2.05, 4.69) is 15.3 Å². The Morgan fingerprint density at radius 1 is 1.39 bits per heavy atom. The van der Waals surface area contributed by atoms with Crippen molar-refractivity contribution in [2.45, 2.75) is 0 Å². The van der Waals surface area contributed by atoms with Crippen molar-refractivity contribution in [3.05, 3.63) is 53.0 Å². The Kier molecular flexibility index (Phi) is 4.31. The molecule has 1 aromatic carbocycles. The van der Waals surface area contributed by atoms with Gasteiger partial charge in [0.1, 0.15) is 11.8 Å². The number of nitrogens with one attached hydrogen (secondary N) is 1. The van der Waals surface area contributed by atoms with Gasteiger partial charge in [-0.25, -0.2) is 5.10 Å². The second-order valence-electron chi connectivity index (χ2n) is 4.40. The highest BCUT2D eigenvalue weighted by Gasteiger charge is 2.10. The van der Waals surface area contributed by atoms with Crippen LogP contribution in [0.25, 0.3) is 11.6 Å². The van der Waals surface area contributed by atoms with Crippen LogP contribution in [0.5, 0.6) is 5.75 Å². The lowest BCUT2D eigenvalue weighted by atomic mass is 10.2. The van der Waals surface area contributed by atoms with Gasteiger partial charge in [-0.3, -0.25) is 0 Å². The third-order valence-electron chi connectivity index (χ3n) is 2.90. The lowest BCUT2D eigenvalue weighted by molar-refractivity contribution is 0.368. The summed E-state index contributed by atoms with van der Waals surface area (Å²) in [6, 6.07) is 12.6. The molecule has 2 aromatic heterocycles. The first-order valence-electron chi connectivity index (χ1n) is 6.63. The summed E-state index contributed by atoms with van der Waals surface area (Å²) in [7, 11) is 0. The van der Waals surface area contributed by atoms with E-state index < -0.39 is 0 Å². The fourth-order valence-electron chi connectivity index (χ4n) is 1.85.